The zero-order valence-corrected chi connectivity index (χ0v) is 14.1. The van der Waals surface area contributed by atoms with Crippen molar-refractivity contribution in [3.05, 3.63) is 46.3 Å². The maximum absolute atomic E-state index is 12.6. The van der Waals surface area contributed by atoms with E-state index in [2.05, 4.69) is 4.72 Å². The van der Waals surface area contributed by atoms with Gasteiger partial charge in [0.05, 0.1) is 0 Å². The van der Waals surface area contributed by atoms with E-state index in [0.717, 1.165) is 47.4 Å². The van der Waals surface area contributed by atoms with Crippen molar-refractivity contribution >= 4 is 27.0 Å². The molecule has 1 atom stereocenters. The molecule has 1 heterocycles. The van der Waals surface area contributed by atoms with E-state index in [9.17, 15) is 8.42 Å². The van der Waals surface area contributed by atoms with E-state index in [0.29, 0.717) is 4.21 Å². The van der Waals surface area contributed by atoms with Crippen molar-refractivity contribution in [3.63, 3.8) is 0 Å². The average Bonchev–Trinajstić information content (AvgIpc) is 2.96. The van der Waals surface area contributed by atoms with Crippen LogP contribution in [-0.2, 0) is 22.9 Å². The van der Waals surface area contributed by atoms with Crippen LogP contribution in [-0.4, -0.2) is 8.42 Å². The van der Waals surface area contributed by atoms with Crippen LogP contribution in [0.3, 0.4) is 0 Å². The number of nitrogen functional groups attached to an aromatic ring is 1. The Balaban J connectivity index is 1.87. The van der Waals surface area contributed by atoms with Gasteiger partial charge in [0.2, 0.25) is 0 Å². The van der Waals surface area contributed by atoms with Crippen molar-refractivity contribution in [2.24, 2.45) is 0 Å². The van der Waals surface area contributed by atoms with Gasteiger partial charge in [0.1, 0.15) is 4.21 Å². The van der Waals surface area contributed by atoms with E-state index in [1.54, 1.807) is 6.07 Å². The fourth-order valence-electron chi connectivity index (χ4n) is 2.89. The summed E-state index contributed by atoms with van der Waals surface area (Å²) in [5.41, 5.74) is 8.76. The first-order valence-electron chi connectivity index (χ1n) is 7.49. The molecule has 0 fully saturated rings. The minimum absolute atomic E-state index is 0.165. The fraction of sp³-hybridized carbons (Fsp3) is 0.375. The molecule has 6 heteroatoms. The maximum Gasteiger partial charge on any atom is 0.250 e. The summed E-state index contributed by atoms with van der Waals surface area (Å²) >= 11 is 1.34. The Morgan fingerprint density at radius 1 is 1.32 bits per heavy atom. The summed E-state index contributed by atoms with van der Waals surface area (Å²) in [5, 5.41) is 0. The maximum atomic E-state index is 12.6. The highest BCUT2D eigenvalue weighted by molar-refractivity contribution is 7.91. The van der Waals surface area contributed by atoms with Crippen LogP contribution < -0.4 is 10.5 Å². The number of hydrogen-bond donors (Lipinski definition) is 2. The Morgan fingerprint density at radius 3 is 2.86 bits per heavy atom. The summed E-state index contributed by atoms with van der Waals surface area (Å²) in [5.74, 6) is 0. The van der Waals surface area contributed by atoms with Gasteiger partial charge in [-0.15, -0.1) is 11.3 Å². The van der Waals surface area contributed by atoms with E-state index in [-0.39, 0.29) is 6.04 Å². The van der Waals surface area contributed by atoms with Crippen LogP contribution in [0.5, 0.6) is 0 Å². The molecule has 118 valence electrons. The first-order valence-corrected chi connectivity index (χ1v) is 9.79. The monoisotopic (exact) mass is 336 g/mol. The van der Waals surface area contributed by atoms with Gasteiger partial charge in [-0.3, -0.25) is 0 Å². The first-order chi connectivity index (χ1) is 10.5. The number of aryl methyl sites for hydroxylation is 2. The lowest BCUT2D eigenvalue weighted by atomic mass is 9.88. The largest absolute Gasteiger partial charge is 0.399 e. The Morgan fingerprint density at radius 2 is 2.14 bits per heavy atom. The Labute approximate surface area is 135 Å². The predicted octanol–water partition coefficient (Wildman–Crippen LogP) is 3.25. The number of nitrogens with two attached hydrogens (primary N) is 1. The van der Waals surface area contributed by atoms with Crippen LogP contribution in [0.2, 0.25) is 0 Å². The van der Waals surface area contributed by atoms with E-state index in [1.807, 2.05) is 31.2 Å². The zero-order chi connectivity index (χ0) is 15.7. The summed E-state index contributed by atoms with van der Waals surface area (Å²) in [6, 6.07) is 9.15. The lowest BCUT2D eigenvalue weighted by molar-refractivity contribution is 0.508. The number of rotatable bonds is 4. The SMILES string of the molecule is CCc1ccc(S(=O)(=O)NC2CCCc3cc(N)ccc32)s1. The molecule has 2 aromatic rings. The number of anilines is 1. The number of thiophene rings is 1. The van der Waals surface area contributed by atoms with E-state index in [4.69, 9.17) is 5.73 Å². The molecule has 1 unspecified atom stereocenters. The molecule has 1 aromatic heterocycles. The number of benzene rings is 1. The molecule has 0 bridgehead atoms. The van der Waals surface area contributed by atoms with Crippen LogP contribution >= 0.6 is 11.3 Å². The summed E-state index contributed by atoms with van der Waals surface area (Å²) < 4.78 is 28.4. The quantitative estimate of drug-likeness (QED) is 0.842. The predicted molar refractivity (Wildman–Crippen MR) is 90.6 cm³/mol. The van der Waals surface area contributed by atoms with Gasteiger partial charge in [0.15, 0.2) is 0 Å². The topological polar surface area (TPSA) is 72.2 Å². The number of nitrogens with one attached hydrogen (secondary N) is 1. The highest BCUT2D eigenvalue weighted by Crippen LogP contribution is 2.33. The van der Waals surface area contributed by atoms with Crippen LogP contribution in [0.1, 0.15) is 41.8 Å². The molecule has 4 nitrogen and oxygen atoms in total. The highest BCUT2D eigenvalue weighted by Gasteiger charge is 2.26. The molecular weight excluding hydrogens is 316 g/mol. The van der Waals surface area contributed by atoms with Gasteiger partial charge in [-0.2, -0.15) is 0 Å². The third-order valence-corrected chi connectivity index (χ3v) is 7.22. The van der Waals surface area contributed by atoms with Gasteiger partial charge >= 0.3 is 0 Å². The fourth-order valence-corrected chi connectivity index (χ4v) is 5.46. The van der Waals surface area contributed by atoms with Gasteiger partial charge in [-0.05, 0) is 61.1 Å². The van der Waals surface area contributed by atoms with Crippen LogP contribution in [0.15, 0.2) is 34.5 Å². The lowest BCUT2D eigenvalue weighted by Crippen LogP contribution is -2.30. The molecule has 3 N–H and O–H groups in total. The molecule has 0 aliphatic heterocycles. The number of hydrogen-bond acceptors (Lipinski definition) is 4. The van der Waals surface area contributed by atoms with Gasteiger partial charge in [-0.25, -0.2) is 13.1 Å². The summed E-state index contributed by atoms with van der Waals surface area (Å²) in [7, 11) is -3.46. The second kappa shape index (κ2) is 6.02. The summed E-state index contributed by atoms with van der Waals surface area (Å²) in [4.78, 5) is 1.08. The Bertz CT molecular complexity index is 781. The molecule has 1 aromatic carbocycles. The molecule has 1 aliphatic rings. The second-order valence-electron chi connectivity index (χ2n) is 5.60. The van der Waals surface area contributed by atoms with Crippen LogP contribution in [0, 0.1) is 0 Å². The van der Waals surface area contributed by atoms with Crippen LogP contribution in [0.4, 0.5) is 5.69 Å². The Kier molecular flexibility index (Phi) is 4.25. The lowest BCUT2D eigenvalue weighted by Gasteiger charge is -2.26. The first kappa shape index (κ1) is 15.5. The molecule has 0 amide bonds. The highest BCUT2D eigenvalue weighted by atomic mass is 32.2. The van der Waals surface area contributed by atoms with Crippen LogP contribution in [0.25, 0.3) is 0 Å². The minimum atomic E-state index is -3.46. The van der Waals surface area contributed by atoms with Gasteiger partial charge in [0, 0.05) is 16.6 Å². The van der Waals surface area contributed by atoms with Gasteiger partial charge in [0.25, 0.3) is 10.0 Å². The normalized spacial score (nSPS) is 18.1. The van der Waals surface area contributed by atoms with Crippen molar-refractivity contribution in [2.75, 3.05) is 5.73 Å². The smallest absolute Gasteiger partial charge is 0.250 e. The molecule has 0 saturated carbocycles. The minimum Gasteiger partial charge on any atom is -0.399 e. The summed E-state index contributed by atoms with van der Waals surface area (Å²) in [6.45, 7) is 2.03. The third-order valence-electron chi connectivity index (χ3n) is 4.03. The standard InChI is InChI=1S/C16H20N2O2S2/c1-2-13-7-9-16(21-13)22(19,20)18-15-5-3-4-11-10-12(17)6-8-14(11)15/h6-10,15,18H,2-5,17H2,1H3. The Hall–Kier alpha value is -1.37. The molecule has 22 heavy (non-hydrogen) atoms. The van der Waals surface area contributed by atoms with Crippen molar-refractivity contribution in [1.82, 2.24) is 4.72 Å². The van der Waals surface area contributed by atoms with Crippen molar-refractivity contribution in [1.29, 1.82) is 0 Å². The number of fused-ring (bicyclic) bond motifs is 1. The van der Waals surface area contributed by atoms with Gasteiger partial charge in [-0.1, -0.05) is 13.0 Å². The van der Waals surface area contributed by atoms with E-state index >= 15 is 0 Å². The summed E-state index contributed by atoms with van der Waals surface area (Å²) in [6.07, 6.45) is 3.60. The van der Waals surface area contributed by atoms with Crippen molar-refractivity contribution in [3.8, 4) is 0 Å². The molecular formula is C16H20N2O2S2. The second-order valence-corrected chi connectivity index (χ2v) is 8.71. The van der Waals surface area contributed by atoms with Gasteiger partial charge < -0.3 is 5.73 Å². The van der Waals surface area contributed by atoms with Crippen molar-refractivity contribution in [2.45, 2.75) is 42.9 Å². The third kappa shape index (κ3) is 3.04. The molecule has 3 rings (SSSR count). The number of sulfonamides is 1. The molecule has 0 spiro atoms. The van der Waals surface area contributed by atoms with E-state index in [1.165, 1.54) is 11.3 Å². The zero-order valence-electron chi connectivity index (χ0n) is 12.5. The van der Waals surface area contributed by atoms with Crippen molar-refractivity contribution < 1.29 is 8.42 Å². The molecule has 1 aliphatic carbocycles. The molecule has 0 saturated heterocycles. The molecule has 0 radical (unpaired) electrons. The van der Waals surface area contributed by atoms with E-state index < -0.39 is 10.0 Å². The average molecular weight is 336 g/mol.